The van der Waals surface area contributed by atoms with Gasteiger partial charge in [-0.3, -0.25) is 9.58 Å². The van der Waals surface area contributed by atoms with Crippen LogP contribution in [0, 0.1) is 18.8 Å². The van der Waals surface area contributed by atoms with Crippen molar-refractivity contribution in [2.45, 2.75) is 46.2 Å². The molecule has 4 atom stereocenters. The molecule has 1 aromatic heterocycles. The molecule has 1 aliphatic rings. The number of rotatable bonds is 3. The van der Waals surface area contributed by atoms with Crippen molar-refractivity contribution in [3.05, 3.63) is 17.5 Å². The molecular weight excluding hydrogens is 236 g/mol. The largest absolute Gasteiger partial charge is 0.329 e. The molecule has 108 valence electrons. The van der Waals surface area contributed by atoms with E-state index in [1.54, 1.807) is 0 Å². The lowest BCUT2D eigenvalue weighted by Crippen LogP contribution is -2.49. The number of nitrogens with two attached hydrogens (primary N) is 1. The van der Waals surface area contributed by atoms with Crippen LogP contribution in [0.25, 0.3) is 0 Å². The molecule has 0 amide bonds. The molecule has 0 saturated carbocycles. The zero-order valence-electron chi connectivity index (χ0n) is 12.9. The van der Waals surface area contributed by atoms with E-state index in [2.05, 4.69) is 37.7 Å². The second-order valence-corrected chi connectivity index (χ2v) is 6.32. The molecule has 0 spiro atoms. The molecule has 1 saturated heterocycles. The summed E-state index contributed by atoms with van der Waals surface area (Å²) in [6, 6.07) is 0.887. The fourth-order valence-corrected chi connectivity index (χ4v) is 3.45. The van der Waals surface area contributed by atoms with Crippen molar-refractivity contribution in [2.75, 3.05) is 13.1 Å². The quantitative estimate of drug-likeness (QED) is 0.909. The van der Waals surface area contributed by atoms with Crippen molar-refractivity contribution in [3.63, 3.8) is 0 Å². The highest BCUT2D eigenvalue weighted by atomic mass is 15.3. The van der Waals surface area contributed by atoms with Gasteiger partial charge in [0.15, 0.2) is 0 Å². The zero-order chi connectivity index (χ0) is 14.2. The lowest BCUT2D eigenvalue weighted by atomic mass is 9.84. The first-order chi connectivity index (χ1) is 8.95. The Labute approximate surface area is 117 Å². The molecule has 2 rings (SSSR count). The van der Waals surface area contributed by atoms with Crippen LogP contribution in [0.2, 0.25) is 0 Å². The lowest BCUT2D eigenvalue weighted by Gasteiger charge is -2.45. The Bertz CT molecular complexity index is 426. The number of aryl methyl sites for hydroxylation is 1. The Balaban J connectivity index is 2.28. The molecule has 0 aromatic carbocycles. The van der Waals surface area contributed by atoms with Crippen molar-refractivity contribution in [1.82, 2.24) is 14.7 Å². The van der Waals surface area contributed by atoms with Crippen LogP contribution >= 0.6 is 0 Å². The standard InChI is InChI=1S/C15H28N4/c1-10-6-11(2)12(3)19(9-10)15(7-16)14-8-17-18(5)13(14)4/h8,10-12,15H,6-7,9,16H2,1-5H3. The smallest absolute Gasteiger partial charge is 0.0540 e. The van der Waals surface area contributed by atoms with Crippen molar-refractivity contribution in [3.8, 4) is 0 Å². The fraction of sp³-hybridized carbons (Fsp3) is 0.800. The van der Waals surface area contributed by atoms with Gasteiger partial charge in [0.05, 0.1) is 12.2 Å². The van der Waals surface area contributed by atoms with Crippen LogP contribution in [0.1, 0.15) is 44.5 Å². The topological polar surface area (TPSA) is 47.1 Å². The monoisotopic (exact) mass is 264 g/mol. The van der Waals surface area contributed by atoms with E-state index in [4.69, 9.17) is 5.73 Å². The summed E-state index contributed by atoms with van der Waals surface area (Å²) in [7, 11) is 2.00. The van der Waals surface area contributed by atoms with Crippen LogP contribution < -0.4 is 5.73 Å². The Morgan fingerprint density at radius 3 is 2.63 bits per heavy atom. The van der Waals surface area contributed by atoms with Crippen molar-refractivity contribution < 1.29 is 0 Å². The van der Waals surface area contributed by atoms with E-state index in [9.17, 15) is 0 Å². The van der Waals surface area contributed by atoms with E-state index < -0.39 is 0 Å². The Kier molecular flexibility index (Phi) is 4.31. The third-order valence-electron chi connectivity index (χ3n) is 4.90. The summed E-state index contributed by atoms with van der Waals surface area (Å²) in [5.74, 6) is 1.48. The Hall–Kier alpha value is -0.870. The van der Waals surface area contributed by atoms with Gasteiger partial charge in [-0.15, -0.1) is 0 Å². The summed E-state index contributed by atoms with van der Waals surface area (Å²) in [6.45, 7) is 11.0. The zero-order valence-corrected chi connectivity index (χ0v) is 12.9. The predicted molar refractivity (Wildman–Crippen MR) is 78.9 cm³/mol. The van der Waals surface area contributed by atoms with Crippen LogP contribution in [0.4, 0.5) is 0 Å². The van der Waals surface area contributed by atoms with Gasteiger partial charge in [0.2, 0.25) is 0 Å². The number of piperidine rings is 1. The van der Waals surface area contributed by atoms with Gasteiger partial charge in [-0.2, -0.15) is 5.10 Å². The number of nitrogens with zero attached hydrogens (tertiary/aromatic N) is 3. The molecule has 0 bridgehead atoms. The van der Waals surface area contributed by atoms with E-state index in [0.717, 1.165) is 18.4 Å². The minimum atomic E-state index is 0.300. The van der Waals surface area contributed by atoms with Gasteiger partial charge in [-0.25, -0.2) is 0 Å². The fourth-order valence-electron chi connectivity index (χ4n) is 3.45. The molecule has 1 aromatic rings. The van der Waals surface area contributed by atoms with E-state index in [-0.39, 0.29) is 0 Å². The summed E-state index contributed by atoms with van der Waals surface area (Å²) in [5.41, 5.74) is 8.61. The highest BCUT2D eigenvalue weighted by molar-refractivity contribution is 5.21. The van der Waals surface area contributed by atoms with E-state index in [1.165, 1.54) is 17.7 Å². The van der Waals surface area contributed by atoms with Gasteiger partial charge >= 0.3 is 0 Å². The minimum absolute atomic E-state index is 0.300. The molecule has 4 heteroatoms. The van der Waals surface area contributed by atoms with Gasteiger partial charge < -0.3 is 5.73 Å². The molecule has 4 nitrogen and oxygen atoms in total. The SMILES string of the molecule is Cc1c(C(CN)N2CC(C)CC(C)C2C)cnn1C. The molecule has 0 aliphatic carbocycles. The maximum absolute atomic E-state index is 6.09. The average Bonchev–Trinajstić information content (AvgIpc) is 2.68. The lowest BCUT2D eigenvalue weighted by molar-refractivity contribution is 0.0422. The first kappa shape index (κ1) is 14.5. The van der Waals surface area contributed by atoms with Crippen LogP contribution in [-0.4, -0.2) is 33.8 Å². The first-order valence-corrected chi connectivity index (χ1v) is 7.40. The van der Waals surface area contributed by atoms with Crippen LogP contribution in [0.3, 0.4) is 0 Å². The predicted octanol–water partition coefficient (Wildman–Crippen LogP) is 2.09. The number of aromatic nitrogens is 2. The second kappa shape index (κ2) is 5.63. The van der Waals surface area contributed by atoms with Gasteiger partial charge in [0, 0.05) is 37.4 Å². The minimum Gasteiger partial charge on any atom is -0.329 e. The Morgan fingerprint density at radius 2 is 2.11 bits per heavy atom. The number of hydrogen-bond acceptors (Lipinski definition) is 3. The molecule has 19 heavy (non-hydrogen) atoms. The summed E-state index contributed by atoms with van der Waals surface area (Å²) in [4.78, 5) is 2.59. The molecule has 4 unspecified atom stereocenters. The number of likely N-dealkylation sites (tertiary alicyclic amines) is 1. The first-order valence-electron chi connectivity index (χ1n) is 7.40. The van der Waals surface area contributed by atoms with Gasteiger partial charge in [-0.1, -0.05) is 13.8 Å². The maximum Gasteiger partial charge on any atom is 0.0540 e. The highest BCUT2D eigenvalue weighted by Gasteiger charge is 2.34. The van der Waals surface area contributed by atoms with Gasteiger partial charge in [0.25, 0.3) is 0 Å². The van der Waals surface area contributed by atoms with Crippen molar-refractivity contribution in [1.29, 1.82) is 0 Å². The molecular formula is C15H28N4. The summed E-state index contributed by atoms with van der Waals surface area (Å²) >= 11 is 0. The van der Waals surface area contributed by atoms with Crippen molar-refractivity contribution >= 4 is 0 Å². The van der Waals surface area contributed by atoms with Crippen LogP contribution in [-0.2, 0) is 7.05 Å². The average molecular weight is 264 g/mol. The third-order valence-corrected chi connectivity index (χ3v) is 4.90. The molecule has 1 aliphatic heterocycles. The van der Waals surface area contributed by atoms with Crippen LogP contribution in [0.5, 0.6) is 0 Å². The van der Waals surface area contributed by atoms with Crippen molar-refractivity contribution in [2.24, 2.45) is 24.6 Å². The van der Waals surface area contributed by atoms with Gasteiger partial charge in [-0.05, 0) is 32.1 Å². The second-order valence-electron chi connectivity index (χ2n) is 6.32. The summed E-state index contributed by atoms with van der Waals surface area (Å²) in [5, 5.41) is 4.38. The maximum atomic E-state index is 6.09. The molecule has 0 radical (unpaired) electrons. The highest BCUT2D eigenvalue weighted by Crippen LogP contribution is 2.34. The summed E-state index contributed by atoms with van der Waals surface area (Å²) < 4.78 is 1.94. The van der Waals surface area contributed by atoms with E-state index in [1.807, 2.05) is 17.9 Å². The Morgan fingerprint density at radius 1 is 1.42 bits per heavy atom. The molecule has 1 fully saturated rings. The van der Waals surface area contributed by atoms with Gasteiger partial charge in [0.1, 0.15) is 0 Å². The van der Waals surface area contributed by atoms with E-state index >= 15 is 0 Å². The van der Waals surface area contributed by atoms with Crippen LogP contribution in [0.15, 0.2) is 6.20 Å². The third kappa shape index (κ3) is 2.70. The van der Waals surface area contributed by atoms with E-state index in [0.29, 0.717) is 18.6 Å². The molecule has 2 N–H and O–H groups in total. The normalized spacial score (nSPS) is 30.5. The number of hydrogen-bond donors (Lipinski definition) is 1. The summed E-state index contributed by atoms with van der Waals surface area (Å²) in [6.07, 6.45) is 3.31. The molecule has 2 heterocycles.